The number of halogens is 5. The van der Waals surface area contributed by atoms with Gasteiger partial charge in [-0.25, -0.2) is 14.0 Å². The largest absolute Gasteiger partial charge is 0.473 e. The van der Waals surface area contributed by atoms with Gasteiger partial charge in [0.25, 0.3) is 0 Å². The van der Waals surface area contributed by atoms with E-state index in [0.717, 1.165) is 12.1 Å². The number of carbonyl (C=O) groups is 2. The van der Waals surface area contributed by atoms with Crippen LogP contribution in [0.1, 0.15) is 18.4 Å². The summed E-state index contributed by atoms with van der Waals surface area (Å²) in [7, 11) is 0. The number of alkyl halides is 5. The van der Waals surface area contributed by atoms with Gasteiger partial charge in [0.15, 0.2) is 6.17 Å². The van der Waals surface area contributed by atoms with Crippen LogP contribution in [-0.2, 0) is 19.9 Å². The normalized spacial score (nSPS) is 28.8. The first-order valence-corrected chi connectivity index (χ1v) is 6.48. The zero-order valence-corrected chi connectivity index (χ0v) is 11.4. The molecule has 1 aromatic carbocycles. The maximum Gasteiger partial charge on any atom is 0.418 e. The van der Waals surface area contributed by atoms with Crippen molar-refractivity contribution in [2.45, 2.75) is 36.5 Å². The predicted molar refractivity (Wildman–Crippen MR) is 65.9 cm³/mol. The zero-order valence-electron chi connectivity index (χ0n) is 11.4. The van der Waals surface area contributed by atoms with Gasteiger partial charge >= 0.3 is 23.8 Å². The van der Waals surface area contributed by atoms with Crippen LogP contribution in [0.2, 0.25) is 0 Å². The average molecular weight is 338 g/mol. The number of hydrogen-bond donors (Lipinski definition) is 1. The van der Waals surface area contributed by atoms with E-state index in [1.54, 1.807) is 0 Å². The molecular formula is C14H11F5O4. The monoisotopic (exact) mass is 338 g/mol. The van der Waals surface area contributed by atoms with Crippen LogP contribution in [0.15, 0.2) is 30.3 Å². The Morgan fingerprint density at radius 3 is 2.22 bits per heavy atom. The molecule has 0 radical (unpaired) electrons. The molecule has 0 spiro atoms. The number of benzene rings is 1. The molecule has 1 N–H and O–H groups in total. The van der Waals surface area contributed by atoms with Gasteiger partial charge in [-0.15, -0.1) is 0 Å². The molecule has 4 nitrogen and oxygen atoms in total. The minimum Gasteiger partial charge on any atom is -0.473 e. The van der Waals surface area contributed by atoms with Gasteiger partial charge < -0.3 is 9.84 Å². The van der Waals surface area contributed by atoms with Crippen molar-refractivity contribution in [2.24, 2.45) is 0 Å². The van der Waals surface area contributed by atoms with Crippen molar-refractivity contribution < 1.29 is 41.4 Å². The van der Waals surface area contributed by atoms with Crippen LogP contribution in [-0.4, -0.2) is 35.1 Å². The van der Waals surface area contributed by atoms with Crippen LogP contribution < -0.4 is 0 Å². The number of ether oxygens (including phenoxy) is 1. The topological polar surface area (TPSA) is 63.6 Å². The molecule has 0 bridgehead atoms. The Hall–Kier alpha value is -2.19. The molecule has 0 aliphatic heterocycles. The first-order valence-electron chi connectivity index (χ1n) is 6.48. The minimum absolute atomic E-state index is 0.536. The predicted octanol–water partition coefficient (Wildman–Crippen LogP) is 2.91. The molecule has 2 atom stereocenters. The van der Waals surface area contributed by atoms with Gasteiger partial charge in [-0.3, -0.25) is 0 Å². The Morgan fingerprint density at radius 2 is 1.70 bits per heavy atom. The van der Waals surface area contributed by atoms with Gasteiger partial charge in [0.05, 0.1) is 0 Å². The Bertz CT molecular complexity index is 619. The number of hydrogen-bond acceptors (Lipinski definition) is 3. The first kappa shape index (κ1) is 17.2. The van der Waals surface area contributed by atoms with Crippen molar-refractivity contribution in [1.82, 2.24) is 0 Å². The van der Waals surface area contributed by atoms with E-state index in [4.69, 9.17) is 5.11 Å². The molecule has 0 saturated heterocycles. The second-order valence-electron chi connectivity index (χ2n) is 5.09. The maximum atomic E-state index is 14.4. The lowest BCUT2D eigenvalue weighted by molar-refractivity contribution is -0.338. The summed E-state index contributed by atoms with van der Waals surface area (Å²) in [4.78, 5) is 21.9. The van der Waals surface area contributed by atoms with Crippen LogP contribution in [0.25, 0.3) is 0 Å². The highest BCUT2D eigenvalue weighted by Gasteiger charge is 2.77. The fourth-order valence-electron chi connectivity index (χ4n) is 2.54. The number of esters is 1. The number of carboxylic acids is 1. The highest BCUT2D eigenvalue weighted by Crippen LogP contribution is 2.58. The number of carboxylic acid groups (broad SMARTS) is 1. The molecule has 23 heavy (non-hydrogen) atoms. The summed E-state index contributed by atoms with van der Waals surface area (Å²) >= 11 is 0. The van der Waals surface area contributed by atoms with E-state index < -0.39 is 54.0 Å². The number of carbonyl (C=O) groups excluding carboxylic acids is 1. The summed E-state index contributed by atoms with van der Waals surface area (Å²) in [5, 5.41) is 8.55. The average Bonchev–Trinajstić information content (AvgIpc) is 2.49. The lowest BCUT2D eigenvalue weighted by Gasteiger charge is -2.47. The van der Waals surface area contributed by atoms with Crippen molar-refractivity contribution in [1.29, 1.82) is 0 Å². The minimum atomic E-state index is -5.13. The molecule has 1 aliphatic carbocycles. The molecule has 0 heterocycles. The van der Waals surface area contributed by atoms with Crippen LogP contribution >= 0.6 is 0 Å². The lowest BCUT2D eigenvalue weighted by atomic mass is 9.73. The van der Waals surface area contributed by atoms with Gasteiger partial charge in [0, 0.05) is 12.0 Å². The van der Waals surface area contributed by atoms with E-state index in [1.807, 2.05) is 0 Å². The molecule has 1 aromatic rings. The Labute approximate surface area is 126 Å². The quantitative estimate of drug-likeness (QED) is 0.512. The van der Waals surface area contributed by atoms with E-state index in [2.05, 4.69) is 4.74 Å². The van der Waals surface area contributed by atoms with Crippen molar-refractivity contribution >= 4 is 11.9 Å². The molecule has 0 aromatic heterocycles. The van der Waals surface area contributed by atoms with E-state index in [-0.39, 0.29) is 0 Å². The first-order chi connectivity index (χ1) is 10.6. The molecule has 1 aliphatic rings. The summed E-state index contributed by atoms with van der Waals surface area (Å²) < 4.78 is 73.9. The second-order valence-corrected chi connectivity index (χ2v) is 5.09. The second kappa shape index (κ2) is 5.47. The highest BCUT2D eigenvalue weighted by atomic mass is 19.3. The van der Waals surface area contributed by atoms with E-state index in [0.29, 0.717) is 0 Å². The SMILES string of the molecule is O=C(O)C(=O)OC1(c2ccccc2)CCC(F)C(F)(F)C1(F)F. The molecule has 2 rings (SSSR count). The number of rotatable bonds is 2. The summed E-state index contributed by atoms with van der Waals surface area (Å²) in [6, 6.07) is 5.81. The van der Waals surface area contributed by atoms with E-state index in [9.17, 15) is 31.5 Å². The van der Waals surface area contributed by atoms with Crippen LogP contribution in [0.3, 0.4) is 0 Å². The van der Waals surface area contributed by atoms with Crippen molar-refractivity contribution in [3.05, 3.63) is 35.9 Å². The van der Waals surface area contributed by atoms with Crippen LogP contribution in [0.4, 0.5) is 22.0 Å². The molecule has 1 saturated carbocycles. The van der Waals surface area contributed by atoms with Crippen molar-refractivity contribution in [3.8, 4) is 0 Å². The Balaban J connectivity index is 2.63. The molecule has 9 heteroatoms. The summed E-state index contributed by atoms with van der Waals surface area (Å²) in [5.74, 6) is -14.6. The maximum absolute atomic E-state index is 14.4. The van der Waals surface area contributed by atoms with Crippen LogP contribution in [0.5, 0.6) is 0 Å². The molecule has 126 valence electrons. The van der Waals surface area contributed by atoms with Crippen molar-refractivity contribution in [2.75, 3.05) is 0 Å². The third-order valence-electron chi connectivity index (χ3n) is 3.75. The van der Waals surface area contributed by atoms with Gasteiger partial charge in [0.2, 0.25) is 5.60 Å². The fraction of sp³-hybridized carbons (Fsp3) is 0.429. The van der Waals surface area contributed by atoms with Gasteiger partial charge in [0.1, 0.15) is 0 Å². The molecule has 0 amide bonds. The molecule has 2 unspecified atom stereocenters. The van der Waals surface area contributed by atoms with Gasteiger partial charge in [-0.1, -0.05) is 30.3 Å². The summed E-state index contributed by atoms with van der Waals surface area (Å²) in [6.45, 7) is 0. The highest BCUT2D eigenvalue weighted by molar-refractivity contribution is 6.28. The summed E-state index contributed by atoms with van der Waals surface area (Å²) in [6.07, 6.45) is -5.15. The van der Waals surface area contributed by atoms with E-state index >= 15 is 0 Å². The summed E-state index contributed by atoms with van der Waals surface area (Å²) in [5.41, 5.74) is -3.80. The third-order valence-corrected chi connectivity index (χ3v) is 3.75. The molecule has 1 fully saturated rings. The zero-order chi connectivity index (χ0) is 17.5. The number of aliphatic carboxylic acids is 1. The Morgan fingerprint density at radius 1 is 1.13 bits per heavy atom. The fourth-order valence-corrected chi connectivity index (χ4v) is 2.54. The Kier molecular flexibility index (Phi) is 4.08. The standard InChI is InChI=1S/C14H11F5O4/c15-9-6-7-12(23-11(22)10(20)21,8-4-2-1-3-5-8)14(18,19)13(9,16)17/h1-5,9H,6-7H2,(H,20,21). The third kappa shape index (κ3) is 2.43. The smallest absolute Gasteiger partial charge is 0.418 e. The van der Waals surface area contributed by atoms with Gasteiger partial charge in [-0.2, -0.15) is 17.6 Å². The van der Waals surface area contributed by atoms with Crippen molar-refractivity contribution in [3.63, 3.8) is 0 Å². The van der Waals surface area contributed by atoms with Gasteiger partial charge in [-0.05, 0) is 6.42 Å². The van der Waals surface area contributed by atoms with E-state index in [1.165, 1.54) is 18.2 Å². The van der Waals surface area contributed by atoms with Crippen LogP contribution in [0, 0.1) is 0 Å². The lowest BCUT2D eigenvalue weighted by Crippen LogP contribution is -2.65. The molecular weight excluding hydrogens is 327 g/mol.